The van der Waals surface area contributed by atoms with Crippen LogP contribution in [0.5, 0.6) is 5.75 Å². The number of carbonyl (C=O) groups excluding carboxylic acids is 1. The molecule has 2 aromatic carbocycles. The number of halogens is 1. The monoisotopic (exact) mass is 315 g/mol. The van der Waals surface area contributed by atoms with E-state index in [4.69, 9.17) is 20.8 Å². The number of benzene rings is 2. The highest BCUT2D eigenvalue weighted by molar-refractivity contribution is 6.35. The second-order valence-electron chi connectivity index (χ2n) is 4.86. The molecule has 0 spiro atoms. The molecule has 1 amide bonds. The topological polar surface area (TPSA) is 51.5 Å². The lowest BCUT2D eigenvalue weighted by Gasteiger charge is -2.05. The third-order valence-electron chi connectivity index (χ3n) is 3.47. The Morgan fingerprint density at radius 3 is 2.55 bits per heavy atom. The van der Waals surface area contributed by atoms with E-state index in [2.05, 4.69) is 5.32 Å². The van der Waals surface area contributed by atoms with Gasteiger partial charge in [0.1, 0.15) is 5.75 Å². The second-order valence-corrected chi connectivity index (χ2v) is 5.26. The van der Waals surface area contributed by atoms with E-state index >= 15 is 0 Å². The molecule has 0 aliphatic heterocycles. The summed E-state index contributed by atoms with van der Waals surface area (Å²) in [5, 5.41) is 4.13. The lowest BCUT2D eigenvalue weighted by molar-refractivity contribution is 0.0998. The van der Waals surface area contributed by atoms with Crippen molar-refractivity contribution in [3.63, 3.8) is 0 Å². The zero-order chi connectivity index (χ0) is 15.7. The Balaban J connectivity index is 1.91. The van der Waals surface area contributed by atoms with Gasteiger partial charge in [0.25, 0.3) is 5.91 Å². The van der Waals surface area contributed by atoms with Crippen molar-refractivity contribution in [2.75, 3.05) is 12.4 Å². The van der Waals surface area contributed by atoms with Crippen LogP contribution in [0.15, 0.2) is 46.9 Å². The Morgan fingerprint density at radius 2 is 1.91 bits per heavy atom. The minimum atomic E-state index is -0.310. The fourth-order valence-corrected chi connectivity index (χ4v) is 2.50. The number of methoxy groups -OCH3 is 1. The molecule has 0 aliphatic rings. The van der Waals surface area contributed by atoms with Crippen LogP contribution < -0.4 is 10.1 Å². The van der Waals surface area contributed by atoms with Crippen molar-refractivity contribution >= 4 is 34.2 Å². The highest BCUT2D eigenvalue weighted by Crippen LogP contribution is 2.31. The van der Waals surface area contributed by atoms with E-state index in [0.29, 0.717) is 16.3 Å². The predicted octanol–water partition coefficient (Wildman–Crippen LogP) is 4.66. The maximum Gasteiger partial charge on any atom is 0.291 e. The fraction of sp³-hybridized carbons (Fsp3) is 0.118. The molecular weight excluding hydrogens is 302 g/mol. The van der Waals surface area contributed by atoms with Crippen molar-refractivity contribution in [1.29, 1.82) is 0 Å². The first kappa shape index (κ1) is 14.5. The lowest BCUT2D eigenvalue weighted by atomic mass is 10.1. The summed E-state index contributed by atoms with van der Waals surface area (Å²) in [5.74, 6) is 0.679. The smallest absolute Gasteiger partial charge is 0.291 e. The SMILES string of the molecule is COc1ccc(NC(=O)c2oc3c(Cl)cccc3c2C)cc1. The van der Waals surface area contributed by atoms with Crippen molar-refractivity contribution in [3.05, 3.63) is 58.8 Å². The molecule has 0 unspecified atom stereocenters. The number of amides is 1. The van der Waals surface area contributed by atoms with Crippen LogP contribution >= 0.6 is 11.6 Å². The molecule has 1 heterocycles. The van der Waals surface area contributed by atoms with E-state index in [9.17, 15) is 4.79 Å². The van der Waals surface area contributed by atoms with Gasteiger partial charge in [-0.1, -0.05) is 23.7 Å². The quantitative estimate of drug-likeness (QED) is 0.765. The summed E-state index contributed by atoms with van der Waals surface area (Å²) in [6.45, 7) is 1.84. The Hall–Kier alpha value is -2.46. The highest BCUT2D eigenvalue weighted by atomic mass is 35.5. The Kier molecular flexibility index (Phi) is 3.77. The first-order valence-corrected chi connectivity index (χ1v) is 7.11. The van der Waals surface area contributed by atoms with Gasteiger partial charge < -0.3 is 14.5 Å². The van der Waals surface area contributed by atoms with Crippen LogP contribution in [0.3, 0.4) is 0 Å². The number of ether oxygens (including phenoxy) is 1. The Labute approximate surface area is 132 Å². The molecule has 4 nitrogen and oxygen atoms in total. The molecule has 1 aromatic heterocycles. The minimum Gasteiger partial charge on any atom is -0.497 e. The number of furan rings is 1. The Morgan fingerprint density at radius 1 is 1.18 bits per heavy atom. The van der Waals surface area contributed by atoms with E-state index in [-0.39, 0.29) is 11.7 Å². The van der Waals surface area contributed by atoms with E-state index in [1.165, 1.54) is 0 Å². The van der Waals surface area contributed by atoms with E-state index in [1.807, 2.05) is 19.1 Å². The van der Waals surface area contributed by atoms with E-state index in [0.717, 1.165) is 16.7 Å². The van der Waals surface area contributed by atoms with Crippen LogP contribution in [0.25, 0.3) is 11.0 Å². The van der Waals surface area contributed by atoms with Crippen molar-refractivity contribution in [2.45, 2.75) is 6.92 Å². The van der Waals surface area contributed by atoms with Crippen LogP contribution in [0.1, 0.15) is 16.1 Å². The van der Waals surface area contributed by atoms with Gasteiger partial charge in [0, 0.05) is 16.6 Å². The summed E-state index contributed by atoms with van der Waals surface area (Å²) in [4.78, 5) is 12.4. The molecule has 22 heavy (non-hydrogen) atoms. The molecule has 112 valence electrons. The van der Waals surface area contributed by atoms with Crippen molar-refractivity contribution in [3.8, 4) is 5.75 Å². The average molecular weight is 316 g/mol. The van der Waals surface area contributed by atoms with Crippen molar-refractivity contribution in [1.82, 2.24) is 0 Å². The van der Waals surface area contributed by atoms with Gasteiger partial charge in [-0.15, -0.1) is 0 Å². The van der Waals surface area contributed by atoms with Crippen LogP contribution in [0, 0.1) is 6.92 Å². The van der Waals surface area contributed by atoms with Gasteiger partial charge in [-0.05, 0) is 37.3 Å². The number of hydrogen-bond acceptors (Lipinski definition) is 3. The van der Waals surface area contributed by atoms with Gasteiger partial charge in [0.05, 0.1) is 12.1 Å². The molecule has 3 rings (SSSR count). The third-order valence-corrected chi connectivity index (χ3v) is 3.77. The molecule has 0 radical (unpaired) electrons. The second kappa shape index (κ2) is 5.73. The number of rotatable bonds is 3. The van der Waals surface area contributed by atoms with Gasteiger partial charge in [-0.2, -0.15) is 0 Å². The van der Waals surface area contributed by atoms with E-state index in [1.54, 1.807) is 37.4 Å². The number of fused-ring (bicyclic) bond motifs is 1. The van der Waals surface area contributed by atoms with Gasteiger partial charge in [-0.25, -0.2) is 0 Å². The highest BCUT2D eigenvalue weighted by Gasteiger charge is 2.19. The van der Waals surface area contributed by atoms with Crippen molar-refractivity contribution in [2.24, 2.45) is 0 Å². The number of anilines is 1. The number of hydrogen-bond donors (Lipinski definition) is 1. The molecule has 5 heteroatoms. The third kappa shape index (κ3) is 2.53. The summed E-state index contributed by atoms with van der Waals surface area (Å²) in [6, 6.07) is 12.5. The minimum absolute atomic E-state index is 0.263. The zero-order valence-electron chi connectivity index (χ0n) is 12.1. The normalized spacial score (nSPS) is 10.7. The largest absolute Gasteiger partial charge is 0.497 e. The fourth-order valence-electron chi connectivity index (χ4n) is 2.29. The summed E-state index contributed by atoms with van der Waals surface area (Å²) in [6.07, 6.45) is 0. The number of para-hydroxylation sites is 1. The van der Waals surface area contributed by atoms with Gasteiger partial charge in [0.15, 0.2) is 11.3 Å². The molecule has 0 saturated heterocycles. The van der Waals surface area contributed by atoms with Crippen LogP contribution in [0.4, 0.5) is 5.69 Å². The molecule has 0 aliphatic carbocycles. The molecule has 0 saturated carbocycles. The lowest BCUT2D eigenvalue weighted by Crippen LogP contribution is -2.11. The maximum absolute atomic E-state index is 12.4. The first-order valence-electron chi connectivity index (χ1n) is 6.73. The number of nitrogens with one attached hydrogen (secondary N) is 1. The predicted molar refractivity (Wildman–Crippen MR) is 86.9 cm³/mol. The standard InChI is InChI=1S/C17H14ClNO3/c1-10-13-4-3-5-14(18)16(13)22-15(10)17(20)19-11-6-8-12(21-2)9-7-11/h3-9H,1-2H3,(H,19,20). The summed E-state index contributed by atoms with van der Waals surface area (Å²) in [5.41, 5.74) is 1.96. The molecule has 0 fully saturated rings. The Bertz CT molecular complexity index is 837. The maximum atomic E-state index is 12.4. The van der Waals surface area contributed by atoms with Crippen LogP contribution in [-0.4, -0.2) is 13.0 Å². The molecule has 1 N–H and O–H groups in total. The summed E-state index contributed by atoms with van der Waals surface area (Å²) < 4.78 is 10.7. The van der Waals surface area contributed by atoms with Gasteiger partial charge in [-0.3, -0.25) is 4.79 Å². The molecule has 0 bridgehead atoms. The molecular formula is C17H14ClNO3. The summed E-state index contributed by atoms with van der Waals surface area (Å²) >= 11 is 6.10. The van der Waals surface area contributed by atoms with E-state index < -0.39 is 0 Å². The molecule has 0 atom stereocenters. The van der Waals surface area contributed by atoms with Crippen molar-refractivity contribution < 1.29 is 13.9 Å². The summed E-state index contributed by atoms with van der Waals surface area (Å²) in [7, 11) is 1.59. The first-order chi connectivity index (χ1) is 10.6. The van der Waals surface area contributed by atoms with Crippen LogP contribution in [0.2, 0.25) is 5.02 Å². The molecule has 3 aromatic rings. The zero-order valence-corrected chi connectivity index (χ0v) is 12.9. The van der Waals surface area contributed by atoms with Gasteiger partial charge in [0.2, 0.25) is 0 Å². The number of carbonyl (C=O) groups is 1. The van der Waals surface area contributed by atoms with Gasteiger partial charge >= 0.3 is 0 Å². The van der Waals surface area contributed by atoms with Crippen LogP contribution in [-0.2, 0) is 0 Å². The average Bonchev–Trinajstić information content (AvgIpc) is 2.87. The number of aryl methyl sites for hydroxylation is 1.